The maximum atomic E-state index is 4.94. The van der Waals surface area contributed by atoms with Gasteiger partial charge in [-0.25, -0.2) is 0 Å². The first kappa shape index (κ1) is 8.50. The zero-order valence-corrected chi connectivity index (χ0v) is 6.28. The van der Waals surface area contributed by atoms with E-state index in [1.165, 1.54) is 0 Å². The molecule has 0 aromatic carbocycles. The minimum atomic E-state index is 0.614. The van der Waals surface area contributed by atoms with Crippen LogP contribution >= 0.6 is 12.2 Å². The summed E-state index contributed by atoms with van der Waals surface area (Å²) in [6.07, 6.45) is 3.72. The lowest BCUT2D eigenvalue weighted by Crippen LogP contribution is -1.96. The van der Waals surface area contributed by atoms with Crippen LogP contribution in [0.4, 0.5) is 0 Å². The fourth-order valence-electron chi connectivity index (χ4n) is 0.467. The van der Waals surface area contributed by atoms with Crippen LogP contribution in [0.5, 0.6) is 0 Å². The Bertz CT molecular complexity index is 118. The molecule has 0 fully saturated rings. The van der Waals surface area contributed by atoms with Crippen molar-refractivity contribution in [3.05, 3.63) is 12.7 Å². The van der Waals surface area contributed by atoms with Gasteiger partial charge in [-0.05, 0) is 19.6 Å². The highest BCUT2D eigenvalue weighted by Gasteiger charge is 1.90. The van der Waals surface area contributed by atoms with Crippen molar-refractivity contribution in [2.24, 2.45) is 4.99 Å². The highest BCUT2D eigenvalue weighted by atomic mass is 32.1. The SMILES string of the molecule is C=CCCC(=S)CN=C. The van der Waals surface area contributed by atoms with Crippen molar-refractivity contribution < 1.29 is 0 Å². The summed E-state index contributed by atoms with van der Waals surface area (Å²) in [5.74, 6) is 0. The second-order valence-electron chi connectivity index (χ2n) is 1.75. The molecule has 0 spiro atoms. The number of rotatable bonds is 5. The molecular weight excluding hydrogens is 130 g/mol. The Labute approximate surface area is 61.5 Å². The van der Waals surface area contributed by atoms with E-state index in [0.29, 0.717) is 6.54 Å². The first-order valence-electron chi connectivity index (χ1n) is 2.86. The molecule has 0 saturated heterocycles. The number of hydrogen-bond acceptors (Lipinski definition) is 2. The molecule has 0 aromatic heterocycles. The Hall–Kier alpha value is -0.500. The van der Waals surface area contributed by atoms with Crippen LogP contribution in [-0.2, 0) is 0 Å². The van der Waals surface area contributed by atoms with Crippen molar-refractivity contribution in [3.8, 4) is 0 Å². The van der Waals surface area contributed by atoms with Gasteiger partial charge in [0.2, 0.25) is 0 Å². The Morgan fingerprint density at radius 2 is 2.33 bits per heavy atom. The molecule has 2 heteroatoms. The molecule has 1 nitrogen and oxygen atoms in total. The lowest BCUT2D eigenvalue weighted by atomic mass is 10.2. The summed E-state index contributed by atoms with van der Waals surface area (Å²) in [6.45, 7) is 7.55. The van der Waals surface area contributed by atoms with Crippen molar-refractivity contribution in [1.29, 1.82) is 0 Å². The van der Waals surface area contributed by atoms with Gasteiger partial charge in [-0.3, -0.25) is 4.99 Å². The van der Waals surface area contributed by atoms with E-state index in [1.807, 2.05) is 6.08 Å². The van der Waals surface area contributed by atoms with Crippen LogP contribution in [0.2, 0.25) is 0 Å². The van der Waals surface area contributed by atoms with Gasteiger partial charge < -0.3 is 0 Å². The topological polar surface area (TPSA) is 12.4 Å². The van der Waals surface area contributed by atoms with E-state index in [2.05, 4.69) is 18.3 Å². The van der Waals surface area contributed by atoms with E-state index in [0.717, 1.165) is 17.7 Å². The molecule has 0 atom stereocenters. The average Bonchev–Trinajstić information content (AvgIpc) is 1.85. The predicted octanol–water partition coefficient (Wildman–Crippen LogP) is 2.02. The molecule has 0 radical (unpaired) electrons. The largest absolute Gasteiger partial charge is 0.296 e. The summed E-state index contributed by atoms with van der Waals surface area (Å²) >= 11 is 4.94. The zero-order chi connectivity index (χ0) is 7.11. The van der Waals surface area contributed by atoms with E-state index >= 15 is 0 Å². The third kappa shape index (κ3) is 5.37. The molecule has 0 aliphatic carbocycles. The lowest BCUT2D eigenvalue weighted by molar-refractivity contribution is 1.09. The molecule has 0 amide bonds. The number of hydrogen-bond donors (Lipinski definition) is 0. The summed E-state index contributed by atoms with van der Waals surface area (Å²) < 4.78 is 0. The molecule has 0 unspecified atom stereocenters. The molecule has 0 saturated carbocycles. The van der Waals surface area contributed by atoms with Crippen LogP contribution in [0.25, 0.3) is 0 Å². The van der Waals surface area contributed by atoms with Gasteiger partial charge in [-0.15, -0.1) is 6.58 Å². The van der Waals surface area contributed by atoms with E-state index in [4.69, 9.17) is 12.2 Å². The van der Waals surface area contributed by atoms with Gasteiger partial charge in [0.1, 0.15) is 0 Å². The number of aliphatic imine (C=N–C) groups is 1. The van der Waals surface area contributed by atoms with Gasteiger partial charge in [0.15, 0.2) is 0 Å². The summed E-state index contributed by atoms with van der Waals surface area (Å²) in [5, 5.41) is 0. The lowest BCUT2D eigenvalue weighted by Gasteiger charge is -1.93. The third-order valence-corrected chi connectivity index (χ3v) is 1.25. The maximum Gasteiger partial charge on any atom is 0.0695 e. The van der Waals surface area contributed by atoms with E-state index in [1.54, 1.807) is 0 Å². The molecule has 0 rings (SSSR count). The van der Waals surface area contributed by atoms with E-state index < -0.39 is 0 Å². The van der Waals surface area contributed by atoms with Gasteiger partial charge in [-0.2, -0.15) is 0 Å². The fraction of sp³-hybridized carbons (Fsp3) is 0.429. The summed E-state index contributed by atoms with van der Waals surface area (Å²) in [6, 6.07) is 0. The molecule has 0 aliphatic rings. The maximum absolute atomic E-state index is 4.94. The normalized spacial score (nSPS) is 8.44. The van der Waals surface area contributed by atoms with Crippen LogP contribution in [0, 0.1) is 0 Å². The average molecular weight is 141 g/mol. The first-order valence-corrected chi connectivity index (χ1v) is 3.27. The van der Waals surface area contributed by atoms with Crippen molar-refractivity contribution >= 4 is 23.8 Å². The monoisotopic (exact) mass is 141 g/mol. The summed E-state index contributed by atoms with van der Waals surface area (Å²) in [4.78, 5) is 4.63. The smallest absolute Gasteiger partial charge is 0.0695 e. The number of thiocarbonyl (C=S) groups is 1. The van der Waals surface area contributed by atoms with Crippen molar-refractivity contribution in [1.82, 2.24) is 0 Å². The Balaban J connectivity index is 3.26. The summed E-state index contributed by atoms with van der Waals surface area (Å²) in [7, 11) is 0. The first-order chi connectivity index (χ1) is 4.31. The van der Waals surface area contributed by atoms with E-state index in [9.17, 15) is 0 Å². The van der Waals surface area contributed by atoms with Gasteiger partial charge in [0, 0.05) is 4.86 Å². The molecule has 50 valence electrons. The fourth-order valence-corrected chi connectivity index (χ4v) is 0.676. The van der Waals surface area contributed by atoms with Crippen LogP contribution < -0.4 is 0 Å². The highest BCUT2D eigenvalue weighted by Crippen LogP contribution is 1.93. The van der Waals surface area contributed by atoms with Gasteiger partial charge in [0.25, 0.3) is 0 Å². The molecule has 0 aliphatic heterocycles. The Morgan fingerprint density at radius 1 is 1.67 bits per heavy atom. The second-order valence-corrected chi connectivity index (χ2v) is 2.33. The van der Waals surface area contributed by atoms with Gasteiger partial charge in [0.05, 0.1) is 6.54 Å². The van der Waals surface area contributed by atoms with Crippen molar-refractivity contribution in [2.75, 3.05) is 6.54 Å². The van der Waals surface area contributed by atoms with E-state index in [-0.39, 0.29) is 0 Å². The number of allylic oxidation sites excluding steroid dienone is 1. The molecule has 0 heterocycles. The molecule has 0 aromatic rings. The summed E-state index contributed by atoms with van der Waals surface area (Å²) in [5.41, 5.74) is 0. The Morgan fingerprint density at radius 3 is 2.78 bits per heavy atom. The van der Waals surface area contributed by atoms with Crippen molar-refractivity contribution in [3.63, 3.8) is 0 Å². The minimum absolute atomic E-state index is 0.614. The molecule has 0 bridgehead atoms. The third-order valence-electron chi connectivity index (χ3n) is 0.915. The standard InChI is InChI=1S/C7H11NS/c1-3-4-5-7(9)6-8-2/h3H,1-2,4-6H2. The Kier molecular flexibility index (Phi) is 5.32. The predicted molar refractivity (Wildman–Crippen MR) is 46.4 cm³/mol. The highest BCUT2D eigenvalue weighted by molar-refractivity contribution is 7.80. The van der Waals surface area contributed by atoms with Crippen LogP contribution in [-0.4, -0.2) is 18.1 Å². The number of nitrogens with zero attached hydrogens (tertiary/aromatic N) is 1. The minimum Gasteiger partial charge on any atom is -0.296 e. The van der Waals surface area contributed by atoms with Gasteiger partial charge >= 0.3 is 0 Å². The van der Waals surface area contributed by atoms with Crippen LogP contribution in [0.15, 0.2) is 17.6 Å². The molecule has 0 N–H and O–H groups in total. The molecular formula is C7H11NS. The van der Waals surface area contributed by atoms with Crippen LogP contribution in [0.1, 0.15) is 12.8 Å². The van der Waals surface area contributed by atoms with Gasteiger partial charge in [-0.1, -0.05) is 18.3 Å². The second kappa shape index (κ2) is 5.63. The van der Waals surface area contributed by atoms with Crippen LogP contribution in [0.3, 0.4) is 0 Å². The van der Waals surface area contributed by atoms with Crippen molar-refractivity contribution in [2.45, 2.75) is 12.8 Å². The quantitative estimate of drug-likeness (QED) is 0.324. The zero-order valence-electron chi connectivity index (χ0n) is 5.47. The molecule has 9 heavy (non-hydrogen) atoms.